The van der Waals surface area contributed by atoms with Crippen LogP contribution in [-0.2, 0) is 0 Å². The van der Waals surface area contributed by atoms with E-state index in [9.17, 15) is 0 Å². The molecule has 0 aromatic carbocycles. The molecule has 1 N–H and O–H groups in total. The third-order valence-electron chi connectivity index (χ3n) is 0. The zero-order chi connectivity index (χ0) is 3.58. The van der Waals surface area contributed by atoms with Gasteiger partial charge in [0, 0.05) is 0 Å². The van der Waals surface area contributed by atoms with Crippen LogP contribution in [0, 0.1) is 0 Å². The Morgan fingerprint density at radius 3 is 1.67 bits per heavy atom. The molecule has 0 heterocycles. The quantitative estimate of drug-likeness (QED) is 0.314. The van der Waals surface area contributed by atoms with Crippen LogP contribution in [0.25, 0.3) is 0 Å². The molecule has 0 amide bonds. The fraction of sp³-hybridized carbons (Fsp3) is 0. The van der Waals surface area contributed by atoms with E-state index in [1.54, 1.807) is 0 Å². The maximum Gasteiger partial charge on any atom is 1.00 e. The summed E-state index contributed by atoms with van der Waals surface area (Å²) in [7, 11) is 0. The summed E-state index contributed by atoms with van der Waals surface area (Å²) in [5.41, 5.74) is 0. The minimum atomic E-state index is -2.08. The van der Waals surface area contributed by atoms with Gasteiger partial charge in [-0.05, 0) is 0 Å². The van der Waals surface area contributed by atoms with Crippen molar-refractivity contribution in [1.29, 1.82) is 0 Å². The van der Waals surface area contributed by atoms with Crippen LogP contribution in [0.2, 0.25) is 0 Å². The molecule has 3 nitrogen and oxygen atoms in total. The fourth-order valence-corrected chi connectivity index (χ4v) is 0. The van der Waals surface area contributed by atoms with Crippen LogP contribution in [0.1, 0.15) is 1.43 Å². The van der Waals surface area contributed by atoms with Crippen LogP contribution in [0.4, 0.5) is 4.79 Å². The van der Waals surface area contributed by atoms with E-state index in [2.05, 4.69) is 0 Å². The molecule has 0 unspecified atom stereocenters. The summed E-state index contributed by atoms with van der Waals surface area (Å²) in [5, 5.41) is 15.3. The first-order chi connectivity index (χ1) is 1.73. The number of hydrogen-bond donors (Lipinski definition) is 1. The Balaban J connectivity index is -0.0000000150. The molecule has 0 spiro atoms. The predicted octanol–water partition coefficient (Wildman–Crippen LogP) is -6.99. The summed E-state index contributed by atoms with van der Waals surface area (Å²) in [5.74, 6) is 0. The van der Waals surface area contributed by atoms with E-state index in [-0.39, 0.29) is 60.5 Å². The molecule has 0 saturated heterocycles. The first-order valence-corrected chi connectivity index (χ1v) is 0.632. The second kappa shape index (κ2) is 9.55. The molecule has 0 atom stereocenters. The Kier molecular flexibility index (Phi) is 25.0. The molecular weight excluding hydrogens is 106 g/mol. The molecule has 0 radical (unpaired) electrons. The zero-order valence-electron chi connectivity index (χ0n) is 4.76. The third kappa shape index (κ3) is 59.6. The van der Waals surface area contributed by atoms with Gasteiger partial charge in [0.25, 0.3) is 0 Å². The molecule has 26 valence electrons. The molecule has 0 fully saturated rings. The van der Waals surface area contributed by atoms with Gasteiger partial charge in [-0.15, -0.1) is 0 Å². The topological polar surface area (TPSA) is 60.4 Å². The van der Waals surface area contributed by atoms with Crippen LogP contribution in [0.3, 0.4) is 0 Å². The molecule has 0 aliphatic heterocycles. The Morgan fingerprint density at radius 2 is 1.67 bits per heavy atom. The molecule has 0 aromatic rings. The first kappa shape index (κ1) is 15.7. The monoisotopic (exact) mass is 108 g/mol. The van der Waals surface area contributed by atoms with Gasteiger partial charge in [0.1, 0.15) is 0 Å². The molecule has 0 rings (SSSR count). The molecule has 5 heteroatoms. The van der Waals surface area contributed by atoms with Crippen molar-refractivity contribution in [2.75, 3.05) is 0 Å². The smallest absolute Gasteiger partial charge is 1.00 e. The average Bonchev–Trinajstić information content (AvgIpc) is 0.811. The average molecular weight is 108 g/mol. The minimum Gasteiger partial charge on any atom is -1.00 e. The summed E-state index contributed by atoms with van der Waals surface area (Å²) < 4.78 is 0. The SMILES string of the molecule is O=C([O-])O.[H-].[Na+].[Na+]. The van der Waals surface area contributed by atoms with Gasteiger partial charge in [-0.2, -0.15) is 0 Å². The summed E-state index contributed by atoms with van der Waals surface area (Å²) in [6, 6.07) is 0. The van der Waals surface area contributed by atoms with Crippen molar-refractivity contribution in [3.05, 3.63) is 0 Å². The largest absolute Gasteiger partial charge is 1.00 e. The van der Waals surface area contributed by atoms with Gasteiger partial charge in [0.05, 0.1) is 0 Å². The molecule has 6 heavy (non-hydrogen) atoms. The van der Waals surface area contributed by atoms with Gasteiger partial charge in [-0.25, -0.2) is 0 Å². The van der Waals surface area contributed by atoms with Crippen molar-refractivity contribution in [3.8, 4) is 0 Å². The maximum absolute atomic E-state index is 8.44. The normalized spacial score (nSPS) is 4.00. The number of carbonyl (C=O) groups is 1. The van der Waals surface area contributed by atoms with Crippen molar-refractivity contribution < 1.29 is 75.5 Å². The first-order valence-electron chi connectivity index (χ1n) is 0.632. The Hall–Kier alpha value is 1.27. The van der Waals surface area contributed by atoms with Crippen LogP contribution in [-0.4, -0.2) is 11.3 Å². The second-order valence-corrected chi connectivity index (χ2v) is 0.266. The number of hydrogen-bond acceptors (Lipinski definition) is 2. The van der Waals surface area contributed by atoms with Crippen molar-refractivity contribution in [1.82, 2.24) is 0 Å². The molecule has 0 aliphatic carbocycles. The molecule has 0 aliphatic rings. The zero-order valence-corrected chi connectivity index (χ0v) is 7.76. The van der Waals surface area contributed by atoms with Crippen molar-refractivity contribution in [3.63, 3.8) is 0 Å². The summed E-state index contributed by atoms with van der Waals surface area (Å²) in [4.78, 5) is 8.44. The van der Waals surface area contributed by atoms with Crippen LogP contribution < -0.4 is 64.2 Å². The number of carboxylic acid groups (broad SMARTS) is 2. The third-order valence-corrected chi connectivity index (χ3v) is 0. The predicted molar refractivity (Wildman–Crippen MR) is 9.14 cm³/mol. The Morgan fingerprint density at radius 1 is 1.67 bits per heavy atom. The molecule has 0 saturated carbocycles. The van der Waals surface area contributed by atoms with Crippen LogP contribution in [0.15, 0.2) is 0 Å². The van der Waals surface area contributed by atoms with Crippen molar-refractivity contribution in [2.24, 2.45) is 0 Å². The van der Waals surface area contributed by atoms with Gasteiger partial charge in [-0.1, -0.05) is 0 Å². The summed E-state index contributed by atoms with van der Waals surface area (Å²) >= 11 is 0. The molecule has 0 aromatic heterocycles. The van der Waals surface area contributed by atoms with E-state index in [4.69, 9.17) is 15.0 Å². The van der Waals surface area contributed by atoms with E-state index < -0.39 is 6.16 Å². The number of rotatable bonds is 0. The van der Waals surface area contributed by atoms with E-state index in [0.29, 0.717) is 0 Å². The van der Waals surface area contributed by atoms with Gasteiger partial charge < -0.3 is 16.4 Å². The van der Waals surface area contributed by atoms with Crippen LogP contribution in [0.5, 0.6) is 0 Å². The van der Waals surface area contributed by atoms with E-state index in [1.807, 2.05) is 0 Å². The van der Waals surface area contributed by atoms with Gasteiger partial charge >= 0.3 is 59.1 Å². The van der Waals surface area contributed by atoms with Crippen molar-refractivity contribution >= 4 is 6.16 Å². The Bertz CT molecular complexity index is 35.9. The molecular formula is CH2Na2O3. The second-order valence-electron chi connectivity index (χ2n) is 0.266. The minimum absolute atomic E-state index is 0. The maximum atomic E-state index is 8.44. The standard InChI is InChI=1S/CH2O3.2Na.H/c2-1(3)4;;;/h(H2,2,3,4);;;/q;2*+1;-1/p-1. The summed E-state index contributed by atoms with van der Waals surface area (Å²) in [6.07, 6.45) is -2.08. The van der Waals surface area contributed by atoms with E-state index >= 15 is 0 Å². The van der Waals surface area contributed by atoms with Gasteiger partial charge in [0.2, 0.25) is 6.16 Å². The van der Waals surface area contributed by atoms with Gasteiger partial charge in [-0.3, -0.25) is 0 Å². The fourth-order valence-electron chi connectivity index (χ4n) is 0. The van der Waals surface area contributed by atoms with E-state index in [1.165, 1.54) is 0 Å². The molecule has 0 bridgehead atoms. The summed E-state index contributed by atoms with van der Waals surface area (Å²) in [6.45, 7) is 0. The van der Waals surface area contributed by atoms with Gasteiger partial charge in [0.15, 0.2) is 0 Å². The van der Waals surface area contributed by atoms with E-state index in [0.717, 1.165) is 0 Å². The van der Waals surface area contributed by atoms with Crippen molar-refractivity contribution in [2.45, 2.75) is 0 Å². The Labute approximate surface area is 80.8 Å². The van der Waals surface area contributed by atoms with Crippen LogP contribution >= 0.6 is 0 Å².